The Labute approximate surface area is 530 Å². The van der Waals surface area contributed by atoms with Crippen molar-refractivity contribution in [2.75, 3.05) is 65.4 Å². The minimum Gasteiger partial charge on any atom is -0.507 e. The normalized spacial score (nSPS) is 26.3. The summed E-state index contributed by atoms with van der Waals surface area (Å²) in [7, 11) is 1.60. The number of rotatable bonds is 29. The summed E-state index contributed by atoms with van der Waals surface area (Å²) in [6.45, 7) is 21.1. The molecule has 0 bridgehead atoms. The SMILES string of the molecule is C=c1c(C)c(O)c(=C)c(C(C)(C)CC(=O)N(C)CCN(CCOCCOCCC(=O)NCCCCC(NC(=O)CC[C@@H](C)C2CC[C@H]3[C@@H]4[C@H](O)C[C@@H]5C[C@H](O)CC[C@]5(C)[C@H]4CC[C@]23C)C(=O)O)C(=O)Oc2ccc3nc(C4=NC(C(=O)O)CS4)sc3c2)c1O. The van der Waals surface area contributed by atoms with E-state index in [0.717, 1.165) is 51.4 Å². The molecule has 8 N–H and O–H groups in total. The maximum atomic E-state index is 13.9. The summed E-state index contributed by atoms with van der Waals surface area (Å²) in [6.07, 6.45) is 8.60. The first-order chi connectivity index (χ1) is 42.1. The van der Waals surface area contributed by atoms with Gasteiger partial charge in [-0.2, -0.15) is 0 Å². The number of amides is 4. The first-order valence-corrected chi connectivity index (χ1v) is 33.5. The number of aliphatic hydroxyl groups is 2. The number of thioether (sulfide) groups is 1. The Bertz CT molecular complexity index is 3210. The van der Waals surface area contributed by atoms with Gasteiger partial charge in [-0.3, -0.25) is 19.4 Å². The first kappa shape index (κ1) is 69.0. The Hall–Kier alpha value is -5.85. The number of nitrogens with one attached hydrogen (secondary N) is 2. The fourth-order valence-corrected chi connectivity index (χ4v) is 17.6. The predicted molar refractivity (Wildman–Crippen MR) is 341 cm³/mol. The zero-order chi connectivity index (χ0) is 64.7. The van der Waals surface area contributed by atoms with Crippen molar-refractivity contribution in [2.24, 2.45) is 51.3 Å². The van der Waals surface area contributed by atoms with E-state index in [-0.39, 0.29) is 152 Å². The lowest BCUT2D eigenvalue weighted by molar-refractivity contribution is -0.174. The molecule has 21 nitrogen and oxygen atoms in total. The zero-order valence-electron chi connectivity index (χ0n) is 52.9. The second kappa shape index (κ2) is 29.6. The summed E-state index contributed by atoms with van der Waals surface area (Å²) in [4.78, 5) is 88.9. The van der Waals surface area contributed by atoms with Crippen molar-refractivity contribution in [3.63, 3.8) is 0 Å². The maximum Gasteiger partial charge on any atom is 0.415 e. The summed E-state index contributed by atoms with van der Waals surface area (Å²) >= 11 is 2.61. The van der Waals surface area contributed by atoms with Crippen LogP contribution in [0.5, 0.6) is 17.2 Å². The number of unbranched alkanes of at least 4 members (excludes halogenated alkanes) is 1. The van der Waals surface area contributed by atoms with Gasteiger partial charge >= 0.3 is 18.0 Å². The van der Waals surface area contributed by atoms with Crippen LogP contribution in [-0.4, -0.2) is 176 Å². The fraction of sp³-hybridized carbons (Fsp3) is 0.667. The first-order valence-electron chi connectivity index (χ1n) is 31.7. The molecule has 3 unspecified atom stereocenters. The van der Waals surface area contributed by atoms with Gasteiger partial charge in [-0.15, -0.1) is 23.1 Å². The molecule has 0 spiro atoms. The van der Waals surface area contributed by atoms with Crippen molar-refractivity contribution >= 4 is 87.3 Å². The van der Waals surface area contributed by atoms with Gasteiger partial charge in [0.2, 0.25) is 17.7 Å². The van der Waals surface area contributed by atoms with Crippen LogP contribution in [0.3, 0.4) is 0 Å². The number of aromatic nitrogens is 1. The van der Waals surface area contributed by atoms with E-state index >= 15 is 0 Å². The molecular weight excluding hydrogens is 1180 g/mol. The summed E-state index contributed by atoms with van der Waals surface area (Å²) in [5.41, 5.74) is 0.600. The Morgan fingerprint density at radius 2 is 1.57 bits per heavy atom. The third-order valence-electron chi connectivity index (χ3n) is 20.7. The minimum absolute atomic E-state index is 0.0479. The van der Waals surface area contributed by atoms with Crippen LogP contribution in [0.25, 0.3) is 23.4 Å². The highest BCUT2D eigenvalue weighted by Crippen LogP contribution is 2.68. The average Bonchev–Trinajstić information content (AvgIpc) is 1.73. The van der Waals surface area contributed by atoms with Crippen LogP contribution < -0.4 is 25.8 Å². The molecule has 5 aliphatic rings. The van der Waals surface area contributed by atoms with Gasteiger partial charge in [-0.25, -0.2) is 19.4 Å². The van der Waals surface area contributed by atoms with Gasteiger partial charge in [0.1, 0.15) is 33.3 Å². The number of aromatic hydroxyl groups is 2. The average molecular weight is 1280 g/mol. The third kappa shape index (κ3) is 16.1. The van der Waals surface area contributed by atoms with E-state index in [1.807, 2.05) is 0 Å². The second-order valence-corrected chi connectivity index (χ2v) is 28.9. The molecule has 2 heterocycles. The molecule has 12 atom stereocenters. The van der Waals surface area contributed by atoms with Crippen LogP contribution in [0.2, 0.25) is 0 Å². The number of nitrogens with zero attached hydrogens (tertiary/aromatic N) is 4. The number of ether oxygens (including phenoxy) is 3. The molecule has 2 aromatic carbocycles. The number of aliphatic carboxylic acids is 2. The molecule has 8 rings (SSSR count). The molecule has 4 fully saturated rings. The fourth-order valence-electron chi connectivity index (χ4n) is 15.5. The number of carboxylic acids is 2. The number of carboxylic acid groups (broad SMARTS) is 2. The van der Waals surface area contributed by atoms with Crippen LogP contribution in [0.15, 0.2) is 23.2 Å². The van der Waals surface area contributed by atoms with Crippen molar-refractivity contribution in [1.82, 2.24) is 25.4 Å². The van der Waals surface area contributed by atoms with Crippen molar-refractivity contribution in [3.05, 3.63) is 44.8 Å². The standard InChI is InChI=1S/C66H94N6O15S2/c1-37(44-15-16-45-55-46(20-23-66(44,45)8)65(7)22-19-42(73)32-41(65)33-50(55)74)13-18-53(76)68-48(61(80)81)12-10-11-24-67-52(75)21-28-85-30-31-86-29-27-72(26-25-71(9)54(77)35-64(5,6)56-40(4)57(78)38(2)39(3)58(56)79)63(84)87-43-14-17-47-51(34-43)89-60(69-47)59-70-49(36-88-59)62(82)83/h14,17,34,37,41-42,44-46,48-50,55,73-74,78-79H,3-4,10-13,15-16,18-33,35-36H2,1-2,5-9H3,(H,67,75)(H,68,76)(H,80,81)(H,82,83)/t37-,41+,42-,44?,45+,46+,48?,49?,50-,55+,65+,66-/m1/s1. The van der Waals surface area contributed by atoms with Gasteiger partial charge in [0.05, 0.1) is 48.9 Å². The van der Waals surface area contributed by atoms with Gasteiger partial charge in [0, 0.05) is 91.3 Å². The number of carbonyl (C=O) groups excluding carboxylic acids is 4. The van der Waals surface area contributed by atoms with E-state index in [9.17, 15) is 59.4 Å². The lowest BCUT2D eigenvalue weighted by Crippen LogP contribution is -2.58. The Morgan fingerprint density at radius 3 is 2.29 bits per heavy atom. The summed E-state index contributed by atoms with van der Waals surface area (Å²) in [5, 5.41) is 70.4. The van der Waals surface area contributed by atoms with E-state index in [1.54, 1.807) is 46.0 Å². The molecule has 4 aliphatic carbocycles. The molecular formula is C66H94N6O15S2. The van der Waals surface area contributed by atoms with Crippen molar-refractivity contribution in [3.8, 4) is 17.2 Å². The van der Waals surface area contributed by atoms with Crippen LogP contribution >= 0.6 is 23.1 Å². The number of fused-ring (bicyclic) bond motifs is 6. The monoisotopic (exact) mass is 1270 g/mol. The Morgan fingerprint density at radius 1 is 0.854 bits per heavy atom. The number of phenolic OH excluding ortho intramolecular Hbond substituents is 2. The molecule has 490 valence electrons. The maximum absolute atomic E-state index is 13.9. The number of phenols is 2. The molecule has 4 saturated carbocycles. The van der Waals surface area contributed by atoms with Gasteiger partial charge in [-0.1, -0.05) is 47.8 Å². The number of hydrogen-bond acceptors (Lipinski definition) is 17. The number of aliphatic imine (C=N–C) groups is 1. The molecule has 3 aromatic rings. The lowest BCUT2D eigenvalue weighted by Gasteiger charge is -2.62. The largest absolute Gasteiger partial charge is 0.507 e. The van der Waals surface area contributed by atoms with Crippen molar-refractivity contribution in [2.45, 2.75) is 168 Å². The number of benzene rings is 2. The second-order valence-electron chi connectivity index (χ2n) is 26.9. The minimum atomic E-state index is -1.10. The molecule has 0 saturated heterocycles. The van der Waals surface area contributed by atoms with Crippen LogP contribution in [0, 0.1) is 53.3 Å². The van der Waals surface area contributed by atoms with Crippen molar-refractivity contribution < 1.29 is 73.6 Å². The topological polar surface area (TPSA) is 307 Å². The van der Waals surface area contributed by atoms with E-state index < -0.39 is 35.5 Å². The number of likely N-dealkylation sites (N-methyl/N-ethyl adjacent to an activating group) is 1. The highest BCUT2D eigenvalue weighted by atomic mass is 32.2. The van der Waals surface area contributed by atoms with E-state index in [4.69, 9.17) is 14.2 Å². The number of carbonyl (C=O) groups is 6. The molecule has 89 heavy (non-hydrogen) atoms. The molecule has 1 aliphatic heterocycles. The van der Waals surface area contributed by atoms with Gasteiger partial charge in [-0.05, 0) is 142 Å². The molecule has 0 radical (unpaired) electrons. The predicted octanol–water partition coefficient (Wildman–Crippen LogP) is 7.10. The number of hydrogen-bond donors (Lipinski definition) is 8. The van der Waals surface area contributed by atoms with Crippen LogP contribution in [0.4, 0.5) is 4.79 Å². The third-order valence-corrected chi connectivity index (χ3v) is 22.9. The van der Waals surface area contributed by atoms with Crippen LogP contribution in [-0.2, 0) is 38.9 Å². The summed E-state index contributed by atoms with van der Waals surface area (Å²) in [5.74, 6) is -0.388. The zero-order valence-corrected chi connectivity index (χ0v) is 54.5. The van der Waals surface area contributed by atoms with Gasteiger partial charge in [0.25, 0.3) is 0 Å². The summed E-state index contributed by atoms with van der Waals surface area (Å²) < 4.78 is 18.0. The molecule has 1 aromatic heterocycles. The van der Waals surface area contributed by atoms with Crippen LogP contribution in [0.1, 0.15) is 147 Å². The van der Waals surface area contributed by atoms with E-state index in [1.165, 1.54) is 32.9 Å². The quantitative estimate of drug-likeness (QED) is 0.0254. The smallest absolute Gasteiger partial charge is 0.415 e. The van der Waals surface area contributed by atoms with Gasteiger partial charge in [0.15, 0.2) is 6.04 Å². The highest BCUT2D eigenvalue weighted by molar-refractivity contribution is 8.15. The Balaban J connectivity index is 0.732. The van der Waals surface area contributed by atoms with Crippen molar-refractivity contribution in [1.29, 1.82) is 0 Å². The Kier molecular flexibility index (Phi) is 23.0. The lowest BCUT2D eigenvalue weighted by atomic mass is 9.43. The van der Waals surface area contributed by atoms with E-state index in [0.29, 0.717) is 86.6 Å². The molecule has 23 heteroatoms. The van der Waals surface area contributed by atoms with E-state index in [2.05, 4.69) is 54.5 Å². The molecule has 4 amide bonds. The van der Waals surface area contributed by atoms with Gasteiger partial charge < -0.3 is 65.3 Å². The number of aliphatic hydroxyl groups excluding tert-OH is 2. The summed E-state index contributed by atoms with van der Waals surface area (Å²) in [6, 6.07) is 3.08. The highest BCUT2D eigenvalue weighted by Gasteiger charge is 2.63. The number of thiazole rings is 1.